The van der Waals surface area contributed by atoms with Gasteiger partial charge in [-0.3, -0.25) is 9.59 Å². The minimum absolute atomic E-state index is 0. The molecule has 29 heavy (non-hydrogen) atoms. The van der Waals surface area contributed by atoms with Gasteiger partial charge in [0.15, 0.2) is 0 Å². The summed E-state index contributed by atoms with van der Waals surface area (Å²) in [6, 6.07) is 6.15. The number of nitrogens with zero attached hydrogens (tertiary/aromatic N) is 1. The molecule has 2 unspecified atom stereocenters. The molecular weight excluding hydrogens is 404 g/mol. The van der Waals surface area contributed by atoms with Gasteiger partial charge in [0.2, 0.25) is 11.8 Å². The fraction of sp³-hybridized carbons (Fsp3) is 0.600. The Bertz CT molecular complexity index is 687. The minimum Gasteiger partial charge on any atom is -0.435 e. The van der Waals surface area contributed by atoms with Crippen molar-refractivity contribution in [2.75, 3.05) is 26.2 Å². The largest absolute Gasteiger partial charge is 0.435 e. The highest BCUT2D eigenvalue weighted by Crippen LogP contribution is 2.20. The van der Waals surface area contributed by atoms with Crippen LogP contribution < -0.4 is 15.4 Å². The van der Waals surface area contributed by atoms with E-state index in [4.69, 9.17) is 0 Å². The average Bonchev–Trinajstić information content (AvgIpc) is 3.21. The molecule has 0 aliphatic carbocycles. The van der Waals surface area contributed by atoms with Crippen LogP contribution in [-0.4, -0.2) is 55.5 Å². The molecule has 2 aliphatic rings. The Hall–Kier alpha value is -1.93. The van der Waals surface area contributed by atoms with Gasteiger partial charge in [-0.15, -0.1) is 12.4 Å². The second-order valence-electron chi connectivity index (χ2n) is 7.44. The molecule has 9 heteroatoms. The van der Waals surface area contributed by atoms with Crippen LogP contribution in [-0.2, 0) is 16.0 Å². The lowest BCUT2D eigenvalue weighted by atomic mass is 9.97. The number of ether oxygens (including phenoxy) is 1. The number of halogens is 3. The van der Waals surface area contributed by atoms with Crippen molar-refractivity contribution in [3.63, 3.8) is 0 Å². The molecule has 2 N–H and O–H groups in total. The normalized spacial score (nSPS) is 21.6. The van der Waals surface area contributed by atoms with E-state index in [1.807, 2.05) is 0 Å². The predicted molar refractivity (Wildman–Crippen MR) is 107 cm³/mol. The van der Waals surface area contributed by atoms with E-state index in [-0.39, 0.29) is 48.4 Å². The average molecular weight is 432 g/mol. The minimum atomic E-state index is -2.89. The van der Waals surface area contributed by atoms with Crippen LogP contribution >= 0.6 is 12.4 Å². The van der Waals surface area contributed by atoms with Crippen LogP contribution in [0.1, 0.15) is 31.2 Å². The SMILES string of the molecule is Cl.O=C(NCC1CCCN(C(=O)Cc2cccc(OC(F)F)c2)C1)C1CCCN1. The van der Waals surface area contributed by atoms with E-state index in [9.17, 15) is 18.4 Å². The van der Waals surface area contributed by atoms with Gasteiger partial charge in [-0.1, -0.05) is 12.1 Å². The van der Waals surface area contributed by atoms with Gasteiger partial charge in [0, 0.05) is 19.6 Å². The van der Waals surface area contributed by atoms with E-state index in [0.717, 1.165) is 32.2 Å². The third kappa shape index (κ3) is 7.12. The lowest BCUT2D eigenvalue weighted by molar-refractivity contribution is -0.132. The Labute approximate surface area is 175 Å². The van der Waals surface area contributed by atoms with Crippen molar-refractivity contribution in [2.24, 2.45) is 5.92 Å². The molecule has 2 atom stereocenters. The molecule has 2 saturated heterocycles. The second kappa shape index (κ2) is 11.3. The van der Waals surface area contributed by atoms with Crippen molar-refractivity contribution < 1.29 is 23.1 Å². The zero-order chi connectivity index (χ0) is 19.9. The summed E-state index contributed by atoms with van der Waals surface area (Å²) in [7, 11) is 0. The van der Waals surface area contributed by atoms with Gasteiger partial charge in [0.25, 0.3) is 0 Å². The van der Waals surface area contributed by atoms with E-state index in [2.05, 4.69) is 15.4 Å². The lowest BCUT2D eigenvalue weighted by Gasteiger charge is -2.33. The van der Waals surface area contributed by atoms with E-state index < -0.39 is 6.61 Å². The summed E-state index contributed by atoms with van der Waals surface area (Å²) in [5.74, 6) is 0.288. The molecule has 3 rings (SSSR count). The number of hydrogen-bond acceptors (Lipinski definition) is 4. The number of hydrogen-bond donors (Lipinski definition) is 2. The first-order chi connectivity index (χ1) is 13.5. The summed E-state index contributed by atoms with van der Waals surface area (Å²) in [4.78, 5) is 26.6. The van der Waals surface area contributed by atoms with E-state index in [1.54, 1.807) is 17.0 Å². The number of piperidine rings is 1. The lowest BCUT2D eigenvalue weighted by Crippen LogP contribution is -2.47. The maximum atomic E-state index is 12.6. The van der Waals surface area contributed by atoms with Crippen molar-refractivity contribution in [2.45, 2.75) is 44.8 Å². The Morgan fingerprint density at radius 2 is 2.10 bits per heavy atom. The first kappa shape index (κ1) is 23.3. The summed E-state index contributed by atoms with van der Waals surface area (Å²) in [6.45, 7) is -0.153. The Kier molecular flexibility index (Phi) is 9.10. The summed E-state index contributed by atoms with van der Waals surface area (Å²) >= 11 is 0. The van der Waals surface area contributed by atoms with Crippen LogP contribution in [0, 0.1) is 5.92 Å². The summed E-state index contributed by atoms with van der Waals surface area (Å²) < 4.78 is 29.1. The van der Waals surface area contributed by atoms with Crippen molar-refractivity contribution in [1.29, 1.82) is 0 Å². The molecule has 0 radical (unpaired) electrons. The number of alkyl halides is 2. The molecule has 162 valence electrons. The van der Waals surface area contributed by atoms with E-state index >= 15 is 0 Å². The molecule has 1 aromatic rings. The number of rotatable bonds is 7. The van der Waals surface area contributed by atoms with Gasteiger partial charge < -0.3 is 20.3 Å². The molecular formula is C20H28ClF2N3O3. The third-order valence-electron chi connectivity index (χ3n) is 5.29. The standard InChI is InChI=1S/C20H27F2N3O3.ClH/c21-20(22)28-16-6-1-4-14(10-16)11-18(26)25-9-3-5-15(13-25)12-24-19(27)17-7-2-8-23-17;/h1,4,6,10,15,17,20,23H,2-3,5,7-9,11-13H2,(H,24,27);1H. The van der Waals surface area contributed by atoms with Gasteiger partial charge in [-0.05, 0) is 55.8 Å². The first-order valence-electron chi connectivity index (χ1n) is 9.84. The molecule has 0 bridgehead atoms. The van der Waals surface area contributed by atoms with Gasteiger partial charge >= 0.3 is 6.61 Å². The molecule has 0 aromatic heterocycles. The summed E-state index contributed by atoms with van der Waals surface area (Å²) in [6.07, 6.45) is 3.90. The topological polar surface area (TPSA) is 70.7 Å². The molecule has 2 heterocycles. The van der Waals surface area contributed by atoms with Crippen LogP contribution in [0.4, 0.5) is 8.78 Å². The molecule has 6 nitrogen and oxygen atoms in total. The predicted octanol–water partition coefficient (Wildman–Crippen LogP) is 2.36. The smallest absolute Gasteiger partial charge is 0.387 e. The number of carbonyl (C=O) groups is 2. The van der Waals surface area contributed by atoms with Crippen molar-refractivity contribution in [3.05, 3.63) is 29.8 Å². The zero-order valence-electron chi connectivity index (χ0n) is 16.2. The zero-order valence-corrected chi connectivity index (χ0v) is 17.1. The quantitative estimate of drug-likeness (QED) is 0.695. The highest BCUT2D eigenvalue weighted by atomic mass is 35.5. The molecule has 0 spiro atoms. The van der Waals surface area contributed by atoms with Crippen molar-refractivity contribution >= 4 is 24.2 Å². The highest BCUT2D eigenvalue weighted by molar-refractivity contribution is 5.85. The maximum Gasteiger partial charge on any atom is 0.387 e. The van der Waals surface area contributed by atoms with Gasteiger partial charge in [-0.25, -0.2) is 0 Å². The molecule has 2 amide bonds. The monoisotopic (exact) mass is 431 g/mol. The number of nitrogens with one attached hydrogen (secondary N) is 2. The van der Waals surface area contributed by atoms with Crippen LogP contribution in [0.5, 0.6) is 5.75 Å². The fourth-order valence-corrected chi connectivity index (χ4v) is 3.85. The Morgan fingerprint density at radius 1 is 1.28 bits per heavy atom. The van der Waals surface area contributed by atoms with Crippen LogP contribution in [0.25, 0.3) is 0 Å². The highest BCUT2D eigenvalue weighted by Gasteiger charge is 2.26. The van der Waals surface area contributed by atoms with Crippen LogP contribution in [0.2, 0.25) is 0 Å². The molecule has 2 aliphatic heterocycles. The van der Waals surface area contributed by atoms with Gasteiger partial charge in [0.05, 0.1) is 12.5 Å². The number of carbonyl (C=O) groups excluding carboxylic acids is 2. The number of benzene rings is 1. The molecule has 0 saturated carbocycles. The van der Waals surface area contributed by atoms with Crippen LogP contribution in [0.3, 0.4) is 0 Å². The summed E-state index contributed by atoms with van der Waals surface area (Å²) in [5, 5.41) is 6.18. The van der Waals surface area contributed by atoms with Crippen molar-refractivity contribution in [1.82, 2.24) is 15.5 Å². The Balaban J connectivity index is 0.00000300. The fourth-order valence-electron chi connectivity index (χ4n) is 3.85. The molecule has 2 fully saturated rings. The van der Waals surface area contributed by atoms with E-state index in [0.29, 0.717) is 25.2 Å². The van der Waals surface area contributed by atoms with Crippen molar-refractivity contribution in [3.8, 4) is 5.75 Å². The molecule has 1 aromatic carbocycles. The number of likely N-dealkylation sites (tertiary alicyclic amines) is 1. The van der Waals surface area contributed by atoms with Crippen LogP contribution in [0.15, 0.2) is 24.3 Å². The third-order valence-corrected chi connectivity index (χ3v) is 5.29. The second-order valence-corrected chi connectivity index (χ2v) is 7.44. The Morgan fingerprint density at radius 3 is 2.83 bits per heavy atom. The summed E-state index contributed by atoms with van der Waals surface area (Å²) in [5.41, 5.74) is 0.644. The first-order valence-corrected chi connectivity index (χ1v) is 9.84. The van der Waals surface area contributed by atoms with Gasteiger partial charge in [0.1, 0.15) is 5.75 Å². The maximum absolute atomic E-state index is 12.6. The van der Waals surface area contributed by atoms with E-state index in [1.165, 1.54) is 12.1 Å². The van der Waals surface area contributed by atoms with Gasteiger partial charge in [-0.2, -0.15) is 8.78 Å². The number of amides is 2.